The highest BCUT2D eigenvalue weighted by Crippen LogP contribution is 2.38. The van der Waals surface area contributed by atoms with Gasteiger partial charge in [0.1, 0.15) is 5.54 Å². The summed E-state index contributed by atoms with van der Waals surface area (Å²) in [5, 5.41) is 3.71. The number of ether oxygens (including phenoxy) is 1. The zero-order chi connectivity index (χ0) is 15.5. The topological polar surface area (TPSA) is 92.1 Å². The lowest BCUT2D eigenvalue weighted by molar-refractivity contribution is -0.140. The summed E-state index contributed by atoms with van der Waals surface area (Å²) in [6.45, 7) is 1.60. The van der Waals surface area contributed by atoms with Crippen molar-refractivity contribution in [2.45, 2.75) is 25.3 Å². The van der Waals surface area contributed by atoms with Crippen molar-refractivity contribution in [3.8, 4) is 0 Å². The van der Waals surface area contributed by atoms with E-state index in [1.807, 2.05) is 12.1 Å². The van der Waals surface area contributed by atoms with Crippen LogP contribution in [-0.2, 0) is 19.9 Å². The number of hydrogen-bond acceptors (Lipinski definition) is 4. The van der Waals surface area contributed by atoms with E-state index in [9.17, 15) is 9.59 Å². The molecule has 0 amide bonds. The van der Waals surface area contributed by atoms with Gasteiger partial charge in [0.15, 0.2) is 5.78 Å². The van der Waals surface area contributed by atoms with Crippen LogP contribution in [0.25, 0.3) is 16.5 Å². The summed E-state index contributed by atoms with van der Waals surface area (Å²) in [4.78, 5) is 26.7. The van der Waals surface area contributed by atoms with Crippen LogP contribution in [0.4, 0.5) is 0 Å². The summed E-state index contributed by atoms with van der Waals surface area (Å²) in [5.41, 5.74) is 9.48. The van der Waals surface area contributed by atoms with Gasteiger partial charge in [0.25, 0.3) is 0 Å². The van der Waals surface area contributed by atoms with Crippen molar-refractivity contribution in [2.75, 3.05) is 7.11 Å². The van der Waals surface area contributed by atoms with E-state index in [0.717, 1.165) is 5.56 Å². The van der Waals surface area contributed by atoms with Crippen LogP contribution in [0.1, 0.15) is 30.9 Å². The SMILES string of the molecule is COC(=O)CCC1=Cc2ccccc2C(C)(N=[N+]=[N-])C1=O. The molecule has 0 heterocycles. The monoisotopic (exact) mass is 285 g/mol. The summed E-state index contributed by atoms with van der Waals surface area (Å²) in [7, 11) is 1.30. The first-order chi connectivity index (χ1) is 10.0. The molecule has 21 heavy (non-hydrogen) atoms. The first-order valence-electron chi connectivity index (χ1n) is 6.51. The molecule has 1 unspecified atom stereocenters. The summed E-state index contributed by atoms with van der Waals surface area (Å²) < 4.78 is 4.59. The van der Waals surface area contributed by atoms with Crippen molar-refractivity contribution < 1.29 is 14.3 Å². The van der Waals surface area contributed by atoms with Crippen LogP contribution < -0.4 is 0 Å². The maximum atomic E-state index is 12.6. The fourth-order valence-electron chi connectivity index (χ4n) is 2.47. The molecule has 6 heteroatoms. The maximum Gasteiger partial charge on any atom is 0.305 e. The molecule has 0 aromatic heterocycles. The van der Waals surface area contributed by atoms with E-state index in [-0.39, 0.29) is 24.6 Å². The van der Waals surface area contributed by atoms with Gasteiger partial charge in [-0.25, -0.2) is 0 Å². The van der Waals surface area contributed by atoms with Crippen LogP contribution >= 0.6 is 0 Å². The van der Waals surface area contributed by atoms with E-state index in [1.54, 1.807) is 25.1 Å². The van der Waals surface area contributed by atoms with Crippen molar-refractivity contribution in [1.29, 1.82) is 0 Å². The predicted molar refractivity (Wildman–Crippen MR) is 77.2 cm³/mol. The average Bonchev–Trinajstić information content (AvgIpc) is 2.49. The number of Topliss-reactive ketones (excluding diaryl/α,β-unsaturated/α-hetero) is 1. The number of esters is 1. The number of fused-ring (bicyclic) bond motifs is 1. The van der Waals surface area contributed by atoms with E-state index in [0.29, 0.717) is 11.1 Å². The number of methoxy groups -OCH3 is 1. The van der Waals surface area contributed by atoms with Gasteiger partial charge < -0.3 is 4.74 Å². The molecule has 1 aliphatic rings. The maximum absolute atomic E-state index is 12.6. The third-order valence-electron chi connectivity index (χ3n) is 3.62. The molecular formula is C15H15N3O3. The van der Waals surface area contributed by atoms with Crippen LogP contribution in [-0.4, -0.2) is 18.9 Å². The van der Waals surface area contributed by atoms with Gasteiger partial charge >= 0.3 is 5.97 Å². The fraction of sp³-hybridized carbons (Fsp3) is 0.333. The minimum atomic E-state index is -1.27. The fourth-order valence-corrected chi connectivity index (χ4v) is 2.47. The number of rotatable bonds is 4. The van der Waals surface area contributed by atoms with E-state index < -0.39 is 5.54 Å². The van der Waals surface area contributed by atoms with Gasteiger partial charge in [-0.15, -0.1) is 0 Å². The first kappa shape index (κ1) is 14.8. The molecule has 0 radical (unpaired) electrons. The zero-order valence-corrected chi connectivity index (χ0v) is 11.9. The largest absolute Gasteiger partial charge is 0.469 e. The third kappa shape index (κ3) is 2.66. The van der Waals surface area contributed by atoms with E-state index in [1.165, 1.54) is 7.11 Å². The molecule has 0 bridgehead atoms. The quantitative estimate of drug-likeness (QED) is 0.368. The highest BCUT2D eigenvalue weighted by Gasteiger charge is 2.40. The molecule has 108 valence electrons. The lowest BCUT2D eigenvalue weighted by Gasteiger charge is -2.30. The number of carbonyl (C=O) groups is 2. The van der Waals surface area contributed by atoms with Crippen LogP contribution in [0.15, 0.2) is 35.0 Å². The number of carbonyl (C=O) groups excluding carboxylic acids is 2. The summed E-state index contributed by atoms with van der Waals surface area (Å²) in [6.07, 6.45) is 2.12. The van der Waals surface area contributed by atoms with Gasteiger partial charge in [-0.1, -0.05) is 29.4 Å². The first-order valence-corrected chi connectivity index (χ1v) is 6.51. The molecule has 1 aromatic carbocycles. The Morgan fingerprint density at radius 2 is 2.14 bits per heavy atom. The second kappa shape index (κ2) is 5.81. The number of azide groups is 1. The zero-order valence-electron chi connectivity index (χ0n) is 11.9. The van der Waals surface area contributed by atoms with E-state index >= 15 is 0 Å². The Labute approximate surface area is 122 Å². The minimum Gasteiger partial charge on any atom is -0.469 e. The van der Waals surface area contributed by atoms with Gasteiger partial charge in [0.2, 0.25) is 0 Å². The van der Waals surface area contributed by atoms with Crippen molar-refractivity contribution in [3.63, 3.8) is 0 Å². The van der Waals surface area contributed by atoms with E-state index in [4.69, 9.17) is 5.53 Å². The van der Waals surface area contributed by atoms with Crippen LogP contribution in [0.3, 0.4) is 0 Å². The van der Waals surface area contributed by atoms with Crippen LogP contribution in [0, 0.1) is 0 Å². The Balaban J connectivity index is 2.45. The molecule has 0 saturated heterocycles. The lowest BCUT2D eigenvalue weighted by atomic mass is 9.76. The molecule has 0 spiro atoms. The molecular weight excluding hydrogens is 270 g/mol. The third-order valence-corrected chi connectivity index (χ3v) is 3.62. The Morgan fingerprint density at radius 1 is 1.43 bits per heavy atom. The standard InChI is InChI=1S/C15H15N3O3/c1-15(17-18-16)12-6-4-3-5-10(12)9-11(14(15)20)7-8-13(19)21-2/h3-6,9H,7-8H2,1-2H3. The molecule has 1 aliphatic carbocycles. The van der Waals surface area contributed by atoms with Gasteiger partial charge in [-0.2, -0.15) is 0 Å². The molecule has 2 rings (SSSR count). The van der Waals surface area contributed by atoms with Crippen LogP contribution in [0.2, 0.25) is 0 Å². The highest BCUT2D eigenvalue weighted by molar-refractivity contribution is 6.09. The van der Waals surface area contributed by atoms with Crippen molar-refractivity contribution in [2.24, 2.45) is 5.11 Å². The highest BCUT2D eigenvalue weighted by atomic mass is 16.5. The van der Waals surface area contributed by atoms with Crippen molar-refractivity contribution >= 4 is 17.8 Å². The number of benzene rings is 1. The molecule has 0 saturated carbocycles. The van der Waals surface area contributed by atoms with Crippen molar-refractivity contribution in [1.82, 2.24) is 0 Å². The number of ketones is 1. The summed E-state index contributed by atoms with van der Waals surface area (Å²) in [6, 6.07) is 7.27. The molecule has 0 N–H and O–H groups in total. The second-order valence-corrected chi connectivity index (χ2v) is 4.92. The molecule has 0 fully saturated rings. The van der Waals surface area contributed by atoms with E-state index in [2.05, 4.69) is 14.8 Å². The second-order valence-electron chi connectivity index (χ2n) is 4.92. The average molecular weight is 285 g/mol. The van der Waals surface area contributed by atoms with Gasteiger partial charge in [0, 0.05) is 11.3 Å². The minimum absolute atomic E-state index is 0.114. The Kier molecular flexibility index (Phi) is 4.10. The summed E-state index contributed by atoms with van der Waals surface area (Å²) >= 11 is 0. The summed E-state index contributed by atoms with van der Waals surface area (Å²) in [5.74, 6) is -0.657. The molecule has 1 atom stereocenters. The Morgan fingerprint density at radius 3 is 2.81 bits per heavy atom. The van der Waals surface area contributed by atoms with Gasteiger partial charge in [0.05, 0.1) is 7.11 Å². The lowest BCUT2D eigenvalue weighted by Crippen LogP contribution is -2.34. The van der Waals surface area contributed by atoms with Crippen molar-refractivity contribution in [3.05, 3.63) is 51.4 Å². The smallest absolute Gasteiger partial charge is 0.305 e. The predicted octanol–water partition coefficient (Wildman–Crippen LogP) is 3.13. The Bertz CT molecular complexity index is 674. The Hall–Kier alpha value is -2.59. The normalized spacial score (nSPS) is 20.1. The van der Waals surface area contributed by atoms with Crippen LogP contribution in [0.5, 0.6) is 0 Å². The van der Waals surface area contributed by atoms with Gasteiger partial charge in [-0.05, 0) is 41.7 Å². The molecule has 1 aromatic rings. The molecule has 6 nitrogen and oxygen atoms in total. The van der Waals surface area contributed by atoms with Gasteiger partial charge in [-0.3, -0.25) is 9.59 Å². The molecule has 0 aliphatic heterocycles. The number of hydrogen-bond donors (Lipinski definition) is 0. The number of nitrogens with zero attached hydrogens (tertiary/aromatic N) is 3.